The molecule has 128 valence electrons. The lowest BCUT2D eigenvalue weighted by Crippen LogP contribution is -2.39. The van der Waals surface area contributed by atoms with E-state index in [4.69, 9.17) is 0 Å². The van der Waals surface area contributed by atoms with Crippen molar-refractivity contribution in [1.29, 1.82) is 0 Å². The zero-order chi connectivity index (χ0) is 17.1. The Kier molecular flexibility index (Phi) is 5.19. The molecule has 1 aromatic carbocycles. The van der Waals surface area contributed by atoms with Crippen molar-refractivity contribution in [3.63, 3.8) is 0 Å². The third-order valence-corrected chi connectivity index (χ3v) is 5.53. The van der Waals surface area contributed by atoms with Crippen LogP contribution in [-0.2, 0) is 17.8 Å². The molecule has 0 bridgehead atoms. The van der Waals surface area contributed by atoms with Gasteiger partial charge in [0.15, 0.2) is 0 Å². The number of anilines is 1. The average Bonchev–Trinajstić information content (AvgIpc) is 3.03. The molecule has 1 aliphatic rings. The minimum Gasteiger partial charge on any atom is -0.369 e. The molecule has 5 heteroatoms. The molecule has 3 rings (SSSR count). The zero-order valence-electron chi connectivity index (χ0n) is 14.2. The van der Waals surface area contributed by atoms with E-state index in [9.17, 15) is 9.18 Å². The molecule has 0 unspecified atom stereocenters. The van der Waals surface area contributed by atoms with E-state index in [0.717, 1.165) is 25.2 Å². The Morgan fingerprint density at radius 2 is 2.04 bits per heavy atom. The first-order chi connectivity index (χ1) is 11.5. The fraction of sp³-hybridized carbons (Fsp3) is 0.421. The quantitative estimate of drug-likeness (QED) is 0.814. The lowest BCUT2D eigenvalue weighted by Gasteiger charge is -2.31. The second-order valence-electron chi connectivity index (χ2n) is 6.45. The van der Waals surface area contributed by atoms with E-state index < -0.39 is 0 Å². The molecule has 0 saturated heterocycles. The minimum absolute atomic E-state index is 0.194. The van der Waals surface area contributed by atoms with Gasteiger partial charge in [-0.05, 0) is 61.5 Å². The van der Waals surface area contributed by atoms with E-state index in [1.807, 2.05) is 4.90 Å². The first kappa shape index (κ1) is 17.0. The van der Waals surface area contributed by atoms with Gasteiger partial charge in [-0.1, -0.05) is 0 Å². The Balaban J connectivity index is 1.60. The molecule has 0 aliphatic carbocycles. The first-order valence-corrected chi connectivity index (χ1v) is 9.28. The van der Waals surface area contributed by atoms with Crippen LogP contribution in [0.4, 0.5) is 10.1 Å². The number of hydrogen-bond donors (Lipinski definition) is 0. The molecule has 0 atom stereocenters. The number of fused-ring (bicyclic) bond motifs is 1. The van der Waals surface area contributed by atoms with Gasteiger partial charge in [-0.15, -0.1) is 11.3 Å². The van der Waals surface area contributed by atoms with E-state index in [-0.39, 0.29) is 17.8 Å². The van der Waals surface area contributed by atoms with Crippen LogP contribution in [0.1, 0.15) is 30.7 Å². The molecule has 0 fully saturated rings. The van der Waals surface area contributed by atoms with Crippen LogP contribution >= 0.6 is 11.3 Å². The van der Waals surface area contributed by atoms with Gasteiger partial charge in [0, 0.05) is 42.7 Å². The normalized spacial score (nSPS) is 13.9. The van der Waals surface area contributed by atoms with Gasteiger partial charge in [-0.2, -0.15) is 0 Å². The van der Waals surface area contributed by atoms with Gasteiger partial charge in [0.25, 0.3) is 0 Å². The first-order valence-electron chi connectivity index (χ1n) is 8.40. The summed E-state index contributed by atoms with van der Waals surface area (Å²) in [5, 5.41) is 2.10. The van der Waals surface area contributed by atoms with Crippen LogP contribution in [0.2, 0.25) is 0 Å². The van der Waals surface area contributed by atoms with Crippen LogP contribution in [0.15, 0.2) is 35.7 Å². The van der Waals surface area contributed by atoms with Crippen LogP contribution in [0.3, 0.4) is 0 Å². The molecule has 1 amide bonds. The topological polar surface area (TPSA) is 23.6 Å². The molecule has 0 saturated carbocycles. The van der Waals surface area contributed by atoms with Crippen molar-refractivity contribution in [2.75, 3.05) is 18.0 Å². The third kappa shape index (κ3) is 3.78. The summed E-state index contributed by atoms with van der Waals surface area (Å²) in [5.74, 6) is -0.0435. The number of carbonyl (C=O) groups excluding carboxylic acids is 1. The van der Waals surface area contributed by atoms with Gasteiger partial charge in [0.05, 0.1) is 0 Å². The van der Waals surface area contributed by atoms with E-state index >= 15 is 0 Å². The predicted octanol–water partition coefficient (Wildman–Crippen LogP) is 4.08. The van der Waals surface area contributed by atoms with E-state index in [1.54, 1.807) is 23.5 Å². The third-order valence-electron chi connectivity index (χ3n) is 4.51. The highest BCUT2D eigenvalue weighted by molar-refractivity contribution is 7.10. The van der Waals surface area contributed by atoms with Crippen molar-refractivity contribution in [1.82, 2.24) is 4.90 Å². The SMILES string of the molecule is CC(C)N(CCC(=O)N1CCc2sccc2C1)c1ccc(F)cc1. The Bertz CT molecular complexity index is 696. The largest absolute Gasteiger partial charge is 0.369 e. The van der Waals surface area contributed by atoms with Crippen LogP contribution in [-0.4, -0.2) is 29.9 Å². The van der Waals surface area contributed by atoms with Crippen molar-refractivity contribution < 1.29 is 9.18 Å². The molecule has 0 radical (unpaired) electrons. The molecule has 1 aromatic heterocycles. The predicted molar refractivity (Wildman–Crippen MR) is 96.9 cm³/mol. The van der Waals surface area contributed by atoms with Crippen molar-refractivity contribution in [2.45, 2.75) is 39.3 Å². The smallest absolute Gasteiger partial charge is 0.224 e. The van der Waals surface area contributed by atoms with Crippen molar-refractivity contribution in [3.05, 3.63) is 52.0 Å². The van der Waals surface area contributed by atoms with Gasteiger partial charge in [-0.3, -0.25) is 4.79 Å². The number of amides is 1. The minimum atomic E-state index is -0.238. The summed E-state index contributed by atoms with van der Waals surface area (Å²) in [6, 6.07) is 8.87. The lowest BCUT2D eigenvalue weighted by molar-refractivity contribution is -0.131. The van der Waals surface area contributed by atoms with Gasteiger partial charge >= 0.3 is 0 Å². The Labute approximate surface area is 146 Å². The van der Waals surface area contributed by atoms with Gasteiger partial charge in [0.2, 0.25) is 5.91 Å². The highest BCUT2D eigenvalue weighted by atomic mass is 32.1. The maximum atomic E-state index is 13.1. The molecule has 0 N–H and O–H groups in total. The highest BCUT2D eigenvalue weighted by Gasteiger charge is 2.22. The number of hydrogen-bond acceptors (Lipinski definition) is 3. The molecule has 3 nitrogen and oxygen atoms in total. The summed E-state index contributed by atoms with van der Waals surface area (Å²) in [6.45, 7) is 6.37. The maximum absolute atomic E-state index is 13.1. The van der Waals surface area contributed by atoms with Gasteiger partial charge in [-0.25, -0.2) is 4.39 Å². The molecular formula is C19H23FN2OS. The molecule has 24 heavy (non-hydrogen) atoms. The molecule has 0 spiro atoms. The number of benzene rings is 1. The second kappa shape index (κ2) is 7.34. The number of carbonyl (C=O) groups is 1. The van der Waals surface area contributed by atoms with Crippen LogP contribution < -0.4 is 4.90 Å². The monoisotopic (exact) mass is 346 g/mol. The van der Waals surface area contributed by atoms with Gasteiger partial charge in [0.1, 0.15) is 5.82 Å². The van der Waals surface area contributed by atoms with Crippen LogP contribution in [0.5, 0.6) is 0 Å². The van der Waals surface area contributed by atoms with Gasteiger partial charge < -0.3 is 9.80 Å². The molecule has 1 aliphatic heterocycles. The van der Waals surface area contributed by atoms with E-state index in [1.165, 1.54) is 22.6 Å². The van der Waals surface area contributed by atoms with Crippen molar-refractivity contribution >= 4 is 22.9 Å². The summed E-state index contributed by atoms with van der Waals surface area (Å²) < 4.78 is 13.1. The summed E-state index contributed by atoms with van der Waals surface area (Å²) in [6.07, 6.45) is 1.44. The average molecular weight is 346 g/mol. The second-order valence-corrected chi connectivity index (χ2v) is 7.45. The highest BCUT2D eigenvalue weighted by Crippen LogP contribution is 2.25. The number of halogens is 1. The Morgan fingerprint density at radius 1 is 1.29 bits per heavy atom. The van der Waals surface area contributed by atoms with Crippen molar-refractivity contribution in [2.24, 2.45) is 0 Å². The van der Waals surface area contributed by atoms with Crippen LogP contribution in [0.25, 0.3) is 0 Å². The standard InChI is InChI=1S/C19H23FN2OS/c1-14(2)22(17-5-3-16(20)4-6-17)11-8-19(23)21-10-7-18-15(13-21)9-12-24-18/h3-6,9,12,14H,7-8,10-11,13H2,1-2H3. The van der Waals surface area contributed by atoms with E-state index in [0.29, 0.717) is 13.0 Å². The van der Waals surface area contributed by atoms with E-state index in [2.05, 4.69) is 30.2 Å². The maximum Gasteiger partial charge on any atom is 0.224 e. The fourth-order valence-electron chi connectivity index (χ4n) is 3.15. The molecule has 2 heterocycles. The Hall–Kier alpha value is -1.88. The number of thiophene rings is 1. The Morgan fingerprint density at radius 3 is 2.75 bits per heavy atom. The number of rotatable bonds is 5. The lowest BCUT2D eigenvalue weighted by atomic mass is 10.1. The summed E-state index contributed by atoms with van der Waals surface area (Å²) in [4.78, 5) is 18.1. The fourth-order valence-corrected chi connectivity index (χ4v) is 4.04. The molecule has 2 aromatic rings. The van der Waals surface area contributed by atoms with Crippen molar-refractivity contribution in [3.8, 4) is 0 Å². The summed E-state index contributed by atoms with van der Waals surface area (Å²) in [7, 11) is 0. The van der Waals surface area contributed by atoms with Crippen LogP contribution in [0, 0.1) is 5.82 Å². The zero-order valence-corrected chi connectivity index (χ0v) is 15.0. The summed E-state index contributed by atoms with van der Waals surface area (Å²) >= 11 is 1.78. The number of nitrogens with zero attached hydrogens (tertiary/aromatic N) is 2. The molecular weight excluding hydrogens is 323 g/mol. The summed E-state index contributed by atoms with van der Waals surface area (Å²) in [5.41, 5.74) is 2.25.